The summed E-state index contributed by atoms with van der Waals surface area (Å²) in [5.41, 5.74) is 6.80. The Balaban J connectivity index is 2.90. The first-order chi connectivity index (χ1) is 9.50. The highest BCUT2D eigenvalue weighted by Crippen LogP contribution is 2.28. The lowest BCUT2D eigenvalue weighted by Gasteiger charge is -2.41. The fraction of sp³-hybridized carbons (Fsp3) is 0.600. The molecule has 0 fully saturated rings. The molecule has 1 atom stereocenters. The van der Waals surface area contributed by atoms with Gasteiger partial charge in [-0.25, -0.2) is 0 Å². The van der Waals surface area contributed by atoms with Crippen molar-refractivity contribution < 1.29 is 14.2 Å². The number of ether oxygens (including phenoxy) is 3. The highest BCUT2D eigenvalue weighted by molar-refractivity contribution is 5.50. The van der Waals surface area contributed by atoms with E-state index in [1.54, 1.807) is 21.3 Å². The third-order valence-corrected chi connectivity index (χ3v) is 3.84. The van der Waals surface area contributed by atoms with Gasteiger partial charge in [0, 0.05) is 39.9 Å². The summed E-state index contributed by atoms with van der Waals surface area (Å²) in [6.07, 6.45) is 0.406. The monoisotopic (exact) mass is 282 g/mol. The van der Waals surface area contributed by atoms with Crippen LogP contribution in [0, 0.1) is 0 Å². The maximum Gasteiger partial charge on any atom is 0.159 e. The van der Waals surface area contributed by atoms with Crippen molar-refractivity contribution in [3.63, 3.8) is 0 Å². The summed E-state index contributed by atoms with van der Waals surface area (Å²) in [4.78, 5) is 2.15. The lowest BCUT2D eigenvalue weighted by atomic mass is 9.94. The predicted octanol–water partition coefficient (Wildman–Crippen LogP) is 1.86. The Kier molecular flexibility index (Phi) is 6.26. The van der Waals surface area contributed by atoms with Crippen molar-refractivity contribution in [3.8, 4) is 5.75 Å². The quantitative estimate of drug-likeness (QED) is 0.738. The van der Waals surface area contributed by atoms with Gasteiger partial charge in [-0.15, -0.1) is 0 Å². The first-order valence-corrected chi connectivity index (χ1v) is 6.64. The molecule has 1 aromatic rings. The molecule has 0 aromatic heterocycles. The minimum Gasteiger partial charge on any atom is -0.497 e. The van der Waals surface area contributed by atoms with Crippen molar-refractivity contribution in [2.75, 3.05) is 39.8 Å². The molecule has 20 heavy (non-hydrogen) atoms. The van der Waals surface area contributed by atoms with Gasteiger partial charge in [-0.2, -0.15) is 0 Å². The van der Waals surface area contributed by atoms with Gasteiger partial charge in [0.25, 0.3) is 0 Å². The van der Waals surface area contributed by atoms with Gasteiger partial charge in [0.15, 0.2) is 6.29 Å². The van der Waals surface area contributed by atoms with Crippen LogP contribution in [0.25, 0.3) is 0 Å². The average Bonchev–Trinajstić information content (AvgIpc) is 2.51. The Labute approximate surface area is 121 Å². The number of hydrogen-bond donors (Lipinski definition) is 1. The number of anilines is 1. The van der Waals surface area contributed by atoms with Gasteiger partial charge < -0.3 is 24.8 Å². The molecule has 5 nitrogen and oxygen atoms in total. The first kappa shape index (κ1) is 16.8. The molecule has 2 N–H and O–H groups in total. The zero-order valence-electron chi connectivity index (χ0n) is 13.1. The van der Waals surface area contributed by atoms with Crippen LogP contribution in [0.3, 0.4) is 0 Å². The molecule has 114 valence electrons. The molecule has 1 unspecified atom stereocenters. The number of nitrogens with zero attached hydrogens (tertiary/aromatic N) is 1. The maximum atomic E-state index is 5.98. The van der Waals surface area contributed by atoms with Crippen LogP contribution < -0.4 is 15.4 Å². The number of methoxy groups -OCH3 is 3. The topological polar surface area (TPSA) is 57.0 Å². The van der Waals surface area contributed by atoms with E-state index in [1.807, 2.05) is 31.3 Å². The van der Waals surface area contributed by atoms with Crippen molar-refractivity contribution in [2.24, 2.45) is 5.73 Å². The van der Waals surface area contributed by atoms with Crippen LogP contribution in [-0.4, -0.2) is 46.8 Å². The molecule has 0 aliphatic carbocycles. The molecule has 1 aromatic carbocycles. The molecular formula is C15H26N2O3. The normalized spacial score (nSPS) is 14.2. The highest BCUT2D eigenvalue weighted by Gasteiger charge is 2.31. The highest BCUT2D eigenvalue weighted by atomic mass is 16.7. The van der Waals surface area contributed by atoms with E-state index in [1.165, 1.54) is 0 Å². The molecule has 0 amide bonds. The second-order valence-corrected chi connectivity index (χ2v) is 5.06. The van der Waals surface area contributed by atoms with Crippen molar-refractivity contribution in [1.29, 1.82) is 0 Å². The molecule has 0 aliphatic rings. The Bertz CT molecular complexity index is 393. The number of nitrogens with two attached hydrogens (primary N) is 1. The fourth-order valence-electron chi connectivity index (χ4n) is 2.10. The van der Waals surface area contributed by atoms with Gasteiger partial charge >= 0.3 is 0 Å². The lowest BCUT2D eigenvalue weighted by Crippen LogP contribution is -2.52. The van der Waals surface area contributed by atoms with E-state index in [0.29, 0.717) is 13.0 Å². The first-order valence-electron chi connectivity index (χ1n) is 6.64. The summed E-state index contributed by atoms with van der Waals surface area (Å²) in [6.45, 7) is 2.60. The molecule has 5 heteroatoms. The van der Waals surface area contributed by atoms with Crippen molar-refractivity contribution in [3.05, 3.63) is 24.3 Å². The van der Waals surface area contributed by atoms with E-state index in [2.05, 4.69) is 11.8 Å². The van der Waals surface area contributed by atoms with Gasteiger partial charge in [-0.1, -0.05) is 0 Å². The summed E-state index contributed by atoms with van der Waals surface area (Å²) in [7, 11) is 6.96. The Morgan fingerprint density at radius 3 is 2.10 bits per heavy atom. The van der Waals surface area contributed by atoms with E-state index >= 15 is 0 Å². The minimum absolute atomic E-state index is 0.259. The number of likely N-dealkylation sites (N-methyl/N-ethyl adjacent to an activating group) is 1. The fourth-order valence-corrected chi connectivity index (χ4v) is 2.10. The third kappa shape index (κ3) is 3.85. The molecule has 0 saturated heterocycles. The number of rotatable bonds is 8. The van der Waals surface area contributed by atoms with Gasteiger partial charge in [0.05, 0.1) is 12.6 Å². The summed E-state index contributed by atoms with van der Waals surface area (Å²) in [6, 6.07) is 7.91. The van der Waals surface area contributed by atoms with Crippen molar-refractivity contribution in [1.82, 2.24) is 0 Å². The second kappa shape index (κ2) is 7.47. The number of benzene rings is 1. The molecule has 0 spiro atoms. The molecule has 0 bridgehead atoms. The van der Waals surface area contributed by atoms with Crippen LogP contribution in [0.15, 0.2) is 24.3 Å². The van der Waals surface area contributed by atoms with E-state index in [-0.39, 0.29) is 11.8 Å². The predicted molar refractivity (Wildman–Crippen MR) is 81.3 cm³/mol. The standard InChI is InChI=1S/C15H26N2O3/c1-15(11-16,10-14(19-4)20-5)17(2)12-6-8-13(18-3)9-7-12/h6-9,14H,10-11,16H2,1-5H3. The molecule has 0 saturated carbocycles. The van der Waals surface area contributed by atoms with Gasteiger partial charge in [0.1, 0.15) is 5.75 Å². The summed E-state index contributed by atoms with van der Waals surface area (Å²) < 4.78 is 15.8. The van der Waals surface area contributed by atoms with Crippen molar-refractivity contribution >= 4 is 5.69 Å². The largest absolute Gasteiger partial charge is 0.497 e. The van der Waals surface area contributed by atoms with Crippen LogP contribution in [0.1, 0.15) is 13.3 Å². The molecular weight excluding hydrogens is 256 g/mol. The van der Waals surface area contributed by atoms with Gasteiger partial charge in [-0.05, 0) is 31.2 Å². The molecule has 0 radical (unpaired) electrons. The average molecular weight is 282 g/mol. The Morgan fingerprint density at radius 2 is 1.70 bits per heavy atom. The smallest absolute Gasteiger partial charge is 0.159 e. The van der Waals surface area contributed by atoms with Crippen LogP contribution >= 0.6 is 0 Å². The van der Waals surface area contributed by atoms with E-state index < -0.39 is 0 Å². The van der Waals surface area contributed by atoms with Gasteiger partial charge in [0.2, 0.25) is 0 Å². The maximum absolute atomic E-state index is 5.98. The van der Waals surface area contributed by atoms with Crippen LogP contribution in [-0.2, 0) is 9.47 Å². The van der Waals surface area contributed by atoms with Crippen LogP contribution in [0.5, 0.6) is 5.75 Å². The zero-order chi connectivity index (χ0) is 15.2. The van der Waals surface area contributed by atoms with E-state index in [4.69, 9.17) is 19.9 Å². The summed E-state index contributed by atoms with van der Waals surface area (Å²) >= 11 is 0. The minimum atomic E-state index is -0.274. The molecule has 1 rings (SSSR count). The Hall–Kier alpha value is -1.30. The van der Waals surface area contributed by atoms with Crippen LogP contribution in [0.2, 0.25) is 0 Å². The van der Waals surface area contributed by atoms with Crippen LogP contribution in [0.4, 0.5) is 5.69 Å². The second-order valence-electron chi connectivity index (χ2n) is 5.06. The SMILES string of the molecule is COc1ccc(N(C)C(C)(CN)CC(OC)OC)cc1. The lowest BCUT2D eigenvalue weighted by molar-refractivity contribution is -0.115. The van der Waals surface area contributed by atoms with Gasteiger partial charge in [-0.3, -0.25) is 0 Å². The van der Waals surface area contributed by atoms with E-state index in [0.717, 1.165) is 11.4 Å². The summed E-state index contributed by atoms with van der Waals surface area (Å²) in [5, 5.41) is 0. The zero-order valence-corrected chi connectivity index (χ0v) is 13.1. The van der Waals surface area contributed by atoms with E-state index in [9.17, 15) is 0 Å². The molecule has 0 aliphatic heterocycles. The Morgan fingerprint density at radius 1 is 1.15 bits per heavy atom. The molecule has 0 heterocycles. The third-order valence-electron chi connectivity index (χ3n) is 3.84. The van der Waals surface area contributed by atoms with Crippen molar-refractivity contribution in [2.45, 2.75) is 25.2 Å². The summed E-state index contributed by atoms with van der Waals surface area (Å²) in [5.74, 6) is 0.836. The number of hydrogen-bond acceptors (Lipinski definition) is 5.